The largest absolute Gasteiger partial charge is 0.493 e. The van der Waals surface area contributed by atoms with Crippen LogP contribution in [0.25, 0.3) is 10.9 Å². The van der Waals surface area contributed by atoms with Gasteiger partial charge in [-0.25, -0.2) is 4.39 Å². The summed E-state index contributed by atoms with van der Waals surface area (Å²) in [5.41, 5.74) is 9.13. The zero-order valence-electron chi connectivity index (χ0n) is 14.3. The quantitative estimate of drug-likeness (QED) is 0.498. The Morgan fingerprint density at radius 3 is 3.12 bits per heavy atom. The van der Waals surface area contributed by atoms with Gasteiger partial charge in [-0.3, -0.25) is 4.99 Å². The van der Waals surface area contributed by atoms with Gasteiger partial charge in [0, 0.05) is 35.6 Å². The lowest BCUT2D eigenvalue weighted by atomic mass is 10.0. The second-order valence-corrected chi connectivity index (χ2v) is 6.39. The summed E-state index contributed by atoms with van der Waals surface area (Å²) in [7, 11) is 0. The van der Waals surface area contributed by atoms with Crippen LogP contribution in [0.5, 0.6) is 5.75 Å². The average molecular weight is 352 g/mol. The van der Waals surface area contributed by atoms with Crippen molar-refractivity contribution < 1.29 is 9.13 Å². The van der Waals surface area contributed by atoms with Gasteiger partial charge in [0.15, 0.2) is 5.96 Å². The maximum atomic E-state index is 13.4. The third kappa shape index (κ3) is 3.35. The normalized spacial score (nSPS) is 17.0. The minimum Gasteiger partial charge on any atom is -0.493 e. The van der Waals surface area contributed by atoms with Crippen molar-refractivity contribution in [3.63, 3.8) is 0 Å². The minimum atomic E-state index is -0.235. The molecule has 6 heteroatoms. The van der Waals surface area contributed by atoms with Crippen molar-refractivity contribution in [1.82, 2.24) is 10.3 Å². The fourth-order valence-electron chi connectivity index (χ4n) is 3.37. The van der Waals surface area contributed by atoms with Crippen molar-refractivity contribution in [2.24, 2.45) is 10.7 Å². The Bertz CT molecular complexity index is 950. The van der Waals surface area contributed by atoms with E-state index in [4.69, 9.17) is 10.5 Å². The first-order valence-corrected chi connectivity index (χ1v) is 8.74. The number of ether oxygens (including phenoxy) is 1. The van der Waals surface area contributed by atoms with E-state index in [1.807, 2.05) is 30.5 Å². The van der Waals surface area contributed by atoms with Crippen LogP contribution in [-0.4, -0.2) is 24.1 Å². The fourth-order valence-corrected chi connectivity index (χ4v) is 3.37. The fraction of sp³-hybridized carbons (Fsp3) is 0.250. The van der Waals surface area contributed by atoms with Crippen molar-refractivity contribution in [2.75, 3.05) is 13.2 Å². The molecule has 0 radical (unpaired) electrons. The number of aliphatic imine (C=N–C) groups is 1. The average Bonchev–Trinajstić information content (AvgIpc) is 3.04. The summed E-state index contributed by atoms with van der Waals surface area (Å²) in [6, 6.07) is 12.8. The number of hydrogen-bond acceptors (Lipinski definition) is 2. The molecule has 1 unspecified atom stereocenters. The molecule has 1 aromatic heterocycles. The molecular weight excluding hydrogens is 331 g/mol. The van der Waals surface area contributed by atoms with Crippen LogP contribution >= 0.6 is 0 Å². The first-order chi connectivity index (χ1) is 12.7. The molecule has 0 saturated heterocycles. The molecule has 0 bridgehead atoms. The molecule has 1 aliphatic heterocycles. The molecule has 5 nitrogen and oxygen atoms in total. The molecule has 0 fully saturated rings. The summed E-state index contributed by atoms with van der Waals surface area (Å²) in [5, 5.41) is 4.17. The molecule has 0 saturated carbocycles. The van der Waals surface area contributed by atoms with Gasteiger partial charge in [-0.1, -0.05) is 18.2 Å². The summed E-state index contributed by atoms with van der Waals surface area (Å²) >= 11 is 0. The number of guanidine groups is 1. The lowest BCUT2D eigenvalue weighted by molar-refractivity contribution is 0.262. The van der Waals surface area contributed by atoms with Gasteiger partial charge >= 0.3 is 0 Å². The van der Waals surface area contributed by atoms with Gasteiger partial charge in [0.2, 0.25) is 0 Å². The number of halogens is 1. The maximum Gasteiger partial charge on any atom is 0.189 e. The number of nitrogens with two attached hydrogens (primary N) is 1. The molecule has 26 heavy (non-hydrogen) atoms. The number of benzene rings is 2. The summed E-state index contributed by atoms with van der Waals surface area (Å²) in [5.74, 6) is 1.07. The SMILES string of the molecule is NC(=NCCc1c[nH]c2ccc(F)cc12)NC1CCOc2ccccc21. The zero-order chi connectivity index (χ0) is 17.9. The van der Waals surface area contributed by atoms with Crippen LogP contribution in [0.3, 0.4) is 0 Å². The highest BCUT2D eigenvalue weighted by atomic mass is 19.1. The van der Waals surface area contributed by atoms with Crippen LogP contribution in [0, 0.1) is 5.82 Å². The van der Waals surface area contributed by atoms with Crippen molar-refractivity contribution in [3.05, 3.63) is 65.6 Å². The molecule has 4 rings (SSSR count). The smallest absolute Gasteiger partial charge is 0.189 e. The Morgan fingerprint density at radius 1 is 1.31 bits per heavy atom. The number of para-hydroxylation sites is 1. The summed E-state index contributed by atoms with van der Waals surface area (Å²) in [4.78, 5) is 7.58. The molecule has 0 spiro atoms. The number of aromatic nitrogens is 1. The Morgan fingerprint density at radius 2 is 2.19 bits per heavy atom. The Kier molecular flexibility index (Phi) is 4.48. The van der Waals surface area contributed by atoms with Gasteiger partial charge in [-0.15, -0.1) is 0 Å². The summed E-state index contributed by atoms with van der Waals surface area (Å²) < 4.78 is 19.1. The maximum absolute atomic E-state index is 13.4. The number of nitrogens with zero attached hydrogens (tertiary/aromatic N) is 1. The summed E-state index contributed by atoms with van der Waals surface area (Å²) in [6.45, 7) is 1.19. The van der Waals surface area contributed by atoms with Gasteiger partial charge in [0.1, 0.15) is 11.6 Å². The van der Waals surface area contributed by atoms with Crippen LogP contribution in [0.2, 0.25) is 0 Å². The Balaban J connectivity index is 1.40. The number of hydrogen-bond donors (Lipinski definition) is 3. The van der Waals surface area contributed by atoms with Gasteiger partial charge < -0.3 is 20.8 Å². The monoisotopic (exact) mass is 352 g/mol. The summed E-state index contributed by atoms with van der Waals surface area (Å²) in [6.07, 6.45) is 3.43. The third-order valence-corrected chi connectivity index (χ3v) is 4.67. The van der Waals surface area contributed by atoms with E-state index in [0.29, 0.717) is 25.5 Å². The van der Waals surface area contributed by atoms with E-state index in [1.165, 1.54) is 6.07 Å². The van der Waals surface area contributed by atoms with Gasteiger partial charge in [-0.05, 0) is 36.2 Å². The number of aromatic amines is 1. The van der Waals surface area contributed by atoms with E-state index >= 15 is 0 Å². The van der Waals surface area contributed by atoms with Crippen LogP contribution in [0.15, 0.2) is 53.7 Å². The van der Waals surface area contributed by atoms with Gasteiger partial charge in [-0.2, -0.15) is 0 Å². The highest BCUT2D eigenvalue weighted by molar-refractivity contribution is 5.83. The Hall–Kier alpha value is -3.02. The first-order valence-electron chi connectivity index (χ1n) is 8.74. The standard InChI is InChI=1S/C20H21FN4O/c21-14-5-6-17-16(11-14)13(12-24-17)7-9-23-20(22)25-18-8-10-26-19-4-2-1-3-15(18)19/h1-6,11-12,18,24H,7-10H2,(H3,22,23,25). The second kappa shape index (κ2) is 7.07. The first kappa shape index (κ1) is 16.4. The highest BCUT2D eigenvalue weighted by Gasteiger charge is 2.21. The highest BCUT2D eigenvalue weighted by Crippen LogP contribution is 2.31. The van der Waals surface area contributed by atoms with E-state index in [0.717, 1.165) is 34.2 Å². The molecule has 1 atom stereocenters. The molecule has 2 heterocycles. The zero-order valence-corrected chi connectivity index (χ0v) is 14.3. The van der Waals surface area contributed by atoms with Crippen molar-refractivity contribution in [2.45, 2.75) is 18.9 Å². The van der Waals surface area contributed by atoms with Gasteiger partial charge in [0.25, 0.3) is 0 Å². The molecule has 0 aliphatic carbocycles. The van der Waals surface area contributed by atoms with E-state index in [-0.39, 0.29) is 11.9 Å². The molecule has 1 aliphatic rings. The molecular formula is C20H21FN4O. The van der Waals surface area contributed by atoms with Crippen molar-refractivity contribution in [3.8, 4) is 5.75 Å². The van der Waals surface area contributed by atoms with E-state index in [9.17, 15) is 4.39 Å². The van der Waals surface area contributed by atoms with Gasteiger partial charge in [0.05, 0.1) is 12.6 Å². The molecule has 2 aromatic carbocycles. The van der Waals surface area contributed by atoms with E-state index in [2.05, 4.69) is 15.3 Å². The van der Waals surface area contributed by atoms with Crippen LogP contribution in [0.1, 0.15) is 23.6 Å². The molecule has 4 N–H and O–H groups in total. The lowest BCUT2D eigenvalue weighted by Gasteiger charge is -2.26. The third-order valence-electron chi connectivity index (χ3n) is 4.67. The van der Waals surface area contributed by atoms with Crippen molar-refractivity contribution in [1.29, 1.82) is 0 Å². The predicted molar refractivity (Wildman–Crippen MR) is 101 cm³/mol. The second-order valence-electron chi connectivity index (χ2n) is 6.39. The van der Waals surface area contributed by atoms with Crippen LogP contribution in [-0.2, 0) is 6.42 Å². The Labute approximate surface area is 151 Å². The van der Waals surface area contributed by atoms with E-state index < -0.39 is 0 Å². The van der Waals surface area contributed by atoms with E-state index in [1.54, 1.807) is 12.1 Å². The number of H-pyrrole nitrogens is 1. The van der Waals surface area contributed by atoms with Crippen LogP contribution in [0.4, 0.5) is 4.39 Å². The van der Waals surface area contributed by atoms with Crippen molar-refractivity contribution >= 4 is 16.9 Å². The number of nitrogens with one attached hydrogen (secondary N) is 2. The van der Waals surface area contributed by atoms with Crippen LogP contribution < -0.4 is 15.8 Å². The lowest BCUT2D eigenvalue weighted by Crippen LogP contribution is -2.37. The molecule has 3 aromatic rings. The minimum absolute atomic E-state index is 0.103. The molecule has 0 amide bonds. The molecule has 134 valence electrons. The topological polar surface area (TPSA) is 75.4 Å². The predicted octanol–water partition coefficient (Wildman–Crippen LogP) is 3.28. The number of fused-ring (bicyclic) bond motifs is 2. The number of rotatable bonds is 4.